The van der Waals surface area contributed by atoms with E-state index in [9.17, 15) is 4.79 Å². The quantitative estimate of drug-likeness (QED) is 0.393. The fraction of sp³-hybridized carbons (Fsp3) is 0.529. The Morgan fingerprint density at radius 2 is 2.00 bits per heavy atom. The first kappa shape index (κ1) is 18.0. The molecule has 0 fully saturated rings. The van der Waals surface area contributed by atoms with Crippen molar-refractivity contribution in [3.8, 4) is 0 Å². The topological polar surface area (TPSA) is 65.5 Å². The molecule has 3 N–H and O–H groups in total. The third-order valence-corrected chi connectivity index (χ3v) is 3.19. The summed E-state index contributed by atoms with van der Waals surface area (Å²) < 4.78 is 0. The van der Waals surface area contributed by atoms with Gasteiger partial charge in [-0.05, 0) is 30.5 Å². The van der Waals surface area contributed by atoms with Crippen molar-refractivity contribution in [3.63, 3.8) is 0 Å². The number of hydrogen-bond donors (Lipinski definition) is 3. The van der Waals surface area contributed by atoms with Gasteiger partial charge in [-0.25, -0.2) is 0 Å². The number of unbranched alkanes of at least 4 members (excludes halogenated alkanes) is 1. The molecule has 0 atom stereocenters. The molecule has 0 aliphatic carbocycles. The fourth-order valence-electron chi connectivity index (χ4n) is 2.00. The van der Waals surface area contributed by atoms with Crippen molar-refractivity contribution >= 4 is 17.6 Å². The summed E-state index contributed by atoms with van der Waals surface area (Å²) in [5.74, 6) is 0.860. The maximum absolute atomic E-state index is 11.6. The predicted octanol–water partition coefficient (Wildman–Crippen LogP) is 2.89. The molecule has 1 rings (SSSR count). The van der Waals surface area contributed by atoms with Crippen molar-refractivity contribution < 1.29 is 4.79 Å². The van der Waals surface area contributed by atoms with Crippen molar-refractivity contribution in [2.75, 3.05) is 18.9 Å². The van der Waals surface area contributed by atoms with E-state index < -0.39 is 0 Å². The van der Waals surface area contributed by atoms with Crippen LogP contribution in [0.5, 0.6) is 0 Å². The van der Waals surface area contributed by atoms with Crippen molar-refractivity contribution in [2.45, 2.75) is 46.1 Å². The van der Waals surface area contributed by atoms with Crippen LogP contribution in [0.15, 0.2) is 29.3 Å². The van der Waals surface area contributed by atoms with Gasteiger partial charge in [0.15, 0.2) is 5.96 Å². The van der Waals surface area contributed by atoms with Crippen LogP contribution >= 0.6 is 0 Å². The molecular formula is C17H28N4O. The van der Waals surface area contributed by atoms with E-state index in [-0.39, 0.29) is 5.91 Å². The van der Waals surface area contributed by atoms with E-state index in [0.29, 0.717) is 13.0 Å². The van der Waals surface area contributed by atoms with Gasteiger partial charge in [0.25, 0.3) is 0 Å². The first-order valence-corrected chi connectivity index (χ1v) is 8.02. The lowest BCUT2D eigenvalue weighted by Gasteiger charge is -2.12. The Morgan fingerprint density at radius 3 is 2.68 bits per heavy atom. The highest BCUT2D eigenvalue weighted by Crippen LogP contribution is 2.11. The largest absolute Gasteiger partial charge is 0.356 e. The molecule has 1 aromatic carbocycles. The van der Waals surface area contributed by atoms with Crippen LogP contribution in [-0.4, -0.2) is 25.5 Å². The van der Waals surface area contributed by atoms with Gasteiger partial charge in [0, 0.05) is 32.2 Å². The second-order valence-corrected chi connectivity index (χ2v) is 5.20. The lowest BCUT2D eigenvalue weighted by atomic mass is 10.2. The molecule has 0 heterocycles. The van der Waals surface area contributed by atoms with Crippen LogP contribution in [-0.2, 0) is 11.3 Å². The molecule has 0 saturated carbocycles. The smallest absolute Gasteiger partial charge is 0.224 e. The molecular weight excluding hydrogens is 276 g/mol. The second kappa shape index (κ2) is 10.7. The van der Waals surface area contributed by atoms with E-state index in [0.717, 1.165) is 43.0 Å². The Morgan fingerprint density at radius 1 is 1.18 bits per heavy atom. The van der Waals surface area contributed by atoms with E-state index in [1.165, 1.54) is 0 Å². The fourth-order valence-corrected chi connectivity index (χ4v) is 2.00. The molecule has 0 aliphatic heterocycles. The molecule has 0 aliphatic rings. The van der Waals surface area contributed by atoms with E-state index >= 15 is 0 Å². The third-order valence-electron chi connectivity index (χ3n) is 3.19. The zero-order chi connectivity index (χ0) is 16.2. The maximum Gasteiger partial charge on any atom is 0.224 e. The lowest BCUT2D eigenvalue weighted by molar-refractivity contribution is -0.116. The average molecular weight is 304 g/mol. The van der Waals surface area contributed by atoms with Gasteiger partial charge in [-0.15, -0.1) is 0 Å². The van der Waals surface area contributed by atoms with Crippen LogP contribution in [0, 0.1) is 0 Å². The first-order chi connectivity index (χ1) is 10.7. The maximum atomic E-state index is 11.6. The summed E-state index contributed by atoms with van der Waals surface area (Å²) in [4.78, 5) is 15.8. The van der Waals surface area contributed by atoms with Gasteiger partial charge in [0.05, 0.1) is 0 Å². The van der Waals surface area contributed by atoms with Gasteiger partial charge < -0.3 is 16.0 Å². The van der Waals surface area contributed by atoms with Crippen molar-refractivity contribution in [1.29, 1.82) is 0 Å². The Hall–Kier alpha value is -2.04. The van der Waals surface area contributed by atoms with Crippen LogP contribution < -0.4 is 16.0 Å². The van der Waals surface area contributed by atoms with Crippen LogP contribution in [0.4, 0.5) is 5.69 Å². The number of benzene rings is 1. The second-order valence-electron chi connectivity index (χ2n) is 5.20. The van der Waals surface area contributed by atoms with Crippen molar-refractivity contribution in [1.82, 2.24) is 10.6 Å². The lowest BCUT2D eigenvalue weighted by Crippen LogP contribution is -2.37. The number of carbonyl (C=O) groups excluding carboxylic acids is 1. The minimum Gasteiger partial charge on any atom is -0.356 e. The Kier molecular flexibility index (Phi) is 8.72. The highest BCUT2D eigenvalue weighted by molar-refractivity contribution is 5.90. The first-order valence-electron chi connectivity index (χ1n) is 8.02. The predicted molar refractivity (Wildman–Crippen MR) is 93.1 cm³/mol. The number of nitrogens with zero attached hydrogens (tertiary/aromatic N) is 1. The zero-order valence-electron chi connectivity index (χ0n) is 13.9. The monoisotopic (exact) mass is 304 g/mol. The van der Waals surface area contributed by atoms with Gasteiger partial charge in [-0.3, -0.25) is 9.79 Å². The molecule has 1 amide bonds. The van der Waals surface area contributed by atoms with E-state index in [1.54, 1.807) is 7.05 Å². The van der Waals surface area contributed by atoms with Gasteiger partial charge in [0.1, 0.15) is 0 Å². The molecule has 0 spiro atoms. The molecule has 122 valence electrons. The summed E-state index contributed by atoms with van der Waals surface area (Å²) in [6.45, 7) is 5.75. The SMILES string of the molecule is CCCCNC(=NC)NCc1cccc(NC(=O)CCC)c1. The van der Waals surface area contributed by atoms with Gasteiger partial charge in [-0.2, -0.15) is 0 Å². The van der Waals surface area contributed by atoms with Crippen LogP contribution in [0.25, 0.3) is 0 Å². The molecule has 22 heavy (non-hydrogen) atoms. The van der Waals surface area contributed by atoms with Gasteiger partial charge in [-0.1, -0.05) is 32.4 Å². The minimum atomic E-state index is 0.0599. The standard InChI is InChI=1S/C17H28N4O/c1-4-6-11-19-17(18-3)20-13-14-9-7-10-15(12-14)21-16(22)8-5-2/h7,9-10,12H,4-6,8,11,13H2,1-3H3,(H,21,22)(H2,18,19,20). The summed E-state index contributed by atoms with van der Waals surface area (Å²) in [7, 11) is 1.77. The average Bonchev–Trinajstić information content (AvgIpc) is 2.51. The Bertz CT molecular complexity index is 485. The summed E-state index contributed by atoms with van der Waals surface area (Å²) in [5, 5.41) is 9.46. The third kappa shape index (κ3) is 7.11. The number of carbonyl (C=O) groups is 1. The Labute approximate surface area is 133 Å². The number of rotatable bonds is 8. The highest BCUT2D eigenvalue weighted by Gasteiger charge is 2.02. The van der Waals surface area contributed by atoms with E-state index in [2.05, 4.69) is 27.9 Å². The molecule has 1 aromatic rings. The van der Waals surface area contributed by atoms with E-state index in [1.807, 2.05) is 31.2 Å². The number of guanidine groups is 1. The molecule has 0 saturated heterocycles. The molecule has 5 nitrogen and oxygen atoms in total. The molecule has 0 unspecified atom stereocenters. The van der Waals surface area contributed by atoms with Gasteiger partial charge >= 0.3 is 0 Å². The normalized spacial score (nSPS) is 11.1. The minimum absolute atomic E-state index is 0.0599. The summed E-state index contributed by atoms with van der Waals surface area (Å²) in [6, 6.07) is 7.87. The number of nitrogens with one attached hydrogen (secondary N) is 3. The molecule has 0 bridgehead atoms. The summed E-state index contributed by atoms with van der Waals surface area (Å²) in [5.41, 5.74) is 1.94. The highest BCUT2D eigenvalue weighted by atomic mass is 16.1. The van der Waals surface area contributed by atoms with Crippen molar-refractivity contribution in [3.05, 3.63) is 29.8 Å². The molecule has 0 radical (unpaired) electrons. The number of amides is 1. The van der Waals surface area contributed by atoms with Gasteiger partial charge in [0.2, 0.25) is 5.91 Å². The van der Waals surface area contributed by atoms with E-state index in [4.69, 9.17) is 0 Å². The van der Waals surface area contributed by atoms with Crippen LogP contribution in [0.2, 0.25) is 0 Å². The Balaban J connectivity index is 2.50. The zero-order valence-corrected chi connectivity index (χ0v) is 13.9. The summed E-state index contributed by atoms with van der Waals surface area (Å²) in [6.07, 6.45) is 3.69. The van der Waals surface area contributed by atoms with Crippen LogP contribution in [0.1, 0.15) is 45.1 Å². The number of hydrogen-bond acceptors (Lipinski definition) is 2. The molecule has 5 heteroatoms. The number of anilines is 1. The van der Waals surface area contributed by atoms with Crippen molar-refractivity contribution in [2.24, 2.45) is 4.99 Å². The van der Waals surface area contributed by atoms with Crippen LogP contribution in [0.3, 0.4) is 0 Å². The number of aliphatic imine (C=N–C) groups is 1. The summed E-state index contributed by atoms with van der Waals surface area (Å²) >= 11 is 0. The molecule has 0 aromatic heterocycles.